The third kappa shape index (κ3) is 21.1. The van der Waals surface area contributed by atoms with Crippen molar-refractivity contribution in [3.8, 4) is 0 Å². The molecule has 0 heterocycles. The van der Waals surface area contributed by atoms with Crippen molar-refractivity contribution in [3.63, 3.8) is 0 Å². The minimum Gasteiger partial charge on any atom is -0.676 e. The molecule has 1 aliphatic carbocycles. The normalized spacial score (nSPS) is 14.6. The minimum absolute atomic E-state index is 0. The van der Waals surface area contributed by atoms with E-state index < -0.39 is 0 Å². The number of rotatable bonds is 9. The monoisotopic (exact) mass is 465 g/mol. The maximum Gasteiger partial charge on any atom is 0 e. The zero-order chi connectivity index (χ0) is 17.0. The van der Waals surface area contributed by atoms with E-state index in [4.69, 9.17) is 0 Å². The largest absolute Gasteiger partial charge is 0.676 e. The molecule has 0 N–H and O–H groups in total. The van der Waals surface area contributed by atoms with Crippen LogP contribution in [0.15, 0.2) is 0 Å². The predicted molar refractivity (Wildman–Crippen MR) is 107 cm³/mol. The molecule has 24 heavy (non-hydrogen) atoms. The second kappa shape index (κ2) is 18.9. The average Bonchev–Trinajstić information content (AvgIpc) is 2.86. The number of nitrogens with zero attached hydrogens (tertiary/aromatic N) is 3. The summed E-state index contributed by atoms with van der Waals surface area (Å²) in [6, 6.07) is 0.801. The minimum atomic E-state index is 0. The molecule has 0 unspecified atom stereocenters. The Labute approximate surface area is 182 Å². The van der Waals surface area contributed by atoms with Crippen molar-refractivity contribution >= 4 is 0 Å². The summed E-state index contributed by atoms with van der Waals surface area (Å²) in [5.74, 6) is 1.09. The molecule has 0 bridgehead atoms. The van der Waals surface area contributed by atoms with E-state index in [1.165, 1.54) is 51.5 Å². The SMILES string of the molecule is CC(C)[N-]C(C)[N-]C(C)C.CN(C)CCCCC1CCCC1.[CH3-].[La]. The Morgan fingerprint density at radius 3 is 1.71 bits per heavy atom. The van der Waals surface area contributed by atoms with Gasteiger partial charge in [0.05, 0.1) is 0 Å². The van der Waals surface area contributed by atoms with Gasteiger partial charge in [0.15, 0.2) is 0 Å². The van der Waals surface area contributed by atoms with E-state index in [1.54, 1.807) is 0 Å². The van der Waals surface area contributed by atoms with Gasteiger partial charge in [-0.15, -0.1) is 19.0 Å². The summed E-state index contributed by atoms with van der Waals surface area (Å²) < 4.78 is 0. The zero-order valence-electron chi connectivity index (χ0n) is 17.9. The summed E-state index contributed by atoms with van der Waals surface area (Å²) in [4.78, 5) is 2.29. The summed E-state index contributed by atoms with van der Waals surface area (Å²) >= 11 is 0. The van der Waals surface area contributed by atoms with Crippen LogP contribution in [0.3, 0.4) is 0 Å². The van der Waals surface area contributed by atoms with Gasteiger partial charge in [0.2, 0.25) is 0 Å². The quantitative estimate of drug-likeness (QED) is 0.292. The van der Waals surface area contributed by atoms with Crippen LogP contribution in [-0.2, 0) is 0 Å². The van der Waals surface area contributed by atoms with Crippen LogP contribution in [-0.4, -0.2) is 43.8 Å². The summed E-state index contributed by atoms with van der Waals surface area (Å²) in [5.41, 5.74) is 0. The molecule has 0 aliphatic heterocycles. The topological polar surface area (TPSA) is 31.4 Å². The Bertz CT molecular complexity index is 229. The molecule has 1 fully saturated rings. The molecule has 0 atom stereocenters. The first-order chi connectivity index (χ1) is 10.3. The Hall–Kier alpha value is 1.07. The van der Waals surface area contributed by atoms with Crippen LogP contribution in [0.5, 0.6) is 0 Å². The van der Waals surface area contributed by atoms with Gasteiger partial charge in [-0.1, -0.05) is 66.2 Å². The van der Waals surface area contributed by atoms with E-state index in [1.807, 2.05) is 6.92 Å². The van der Waals surface area contributed by atoms with Crippen LogP contribution >= 0.6 is 0 Å². The van der Waals surface area contributed by atoms with Crippen LogP contribution in [0.1, 0.15) is 79.6 Å². The maximum atomic E-state index is 4.35. The van der Waals surface area contributed by atoms with Crippen molar-refractivity contribution in [2.24, 2.45) is 5.92 Å². The van der Waals surface area contributed by atoms with Gasteiger partial charge in [-0.2, -0.15) is 0 Å². The fourth-order valence-corrected chi connectivity index (χ4v) is 3.06. The molecule has 1 saturated carbocycles. The molecule has 0 spiro atoms. The molecule has 1 radical (unpaired) electrons. The van der Waals surface area contributed by atoms with Crippen LogP contribution < -0.4 is 0 Å². The van der Waals surface area contributed by atoms with Gasteiger partial charge < -0.3 is 23.0 Å². The molecule has 0 aromatic carbocycles. The zero-order valence-corrected chi connectivity index (χ0v) is 21.5. The molecule has 4 heteroatoms. The molecule has 1 aliphatic rings. The molecular formula is C20H44LaN3-3. The molecule has 0 amide bonds. The maximum absolute atomic E-state index is 4.35. The molecule has 3 nitrogen and oxygen atoms in total. The summed E-state index contributed by atoms with van der Waals surface area (Å²) in [6.07, 6.45) is 10.5. The van der Waals surface area contributed by atoms with Gasteiger partial charge >= 0.3 is 0 Å². The first kappa shape index (κ1) is 29.8. The van der Waals surface area contributed by atoms with Crippen molar-refractivity contribution in [2.75, 3.05) is 20.6 Å². The van der Waals surface area contributed by atoms with Gasteiger partial charge in [-0.25, -0.2) is 6.17 Å². The Balaban J connectivity index is -0.000000345. The molecule has 0 aromatic heterocycles. The number of unbranched alkanes of at least 4 members (excludes halogenated alkanes) is 1. The second-order valence-corrected chi connectivity index (χ2v) is 7.57. The fraction of sp³-hybridized carbons (Fsp3) is 0.950. The summed E-state index contributed by atoms with van der Waals surface area (Å²) in [6.45, 7) is 11.6. The van der Waals surface area contributed by atoms with Gasteiger partial charge in [0, 0.05) is 35.6 Å². The number of hydrogen-bond donors (Lipinski definition) is 0. The van der Waals surface area contributed by atoms with E-state index in [9.17, 15) is 0 Å². The first-order valence-electron chi connectivity index (χ1n) is 9.35. The van der Waals surface area contributed by atoms with E-state index in [0.717, 1.165) is 5.92 Å². The van der Waals surface area contributed by atoms with Crippen molar-refractivity contribution in [1.29, 1.82) is 0 Å². The number of hydrogen-bond acceptors (Lipinski definition) is 1. The third-order valence-electron chi connectivity index (χ3n) is 3.97. The summed E-state index contributed by atoms with van der Waals surface area (Å²) in [7, 11) is 4.32. The van der Waals surface area contributed by atoms with Gasteiger partial charge in [0.1, 0.15) is 0 Å². The average molecular weight is 465 g/mol. The second-order valence-electron chi connectivity index (χ2n) is 7.57. The van der Waals surface area contributed by atoms with Crippen molar-refractivity contribution < 1.29 is 35.6 Å². The first-order valence-corrected chi connectivity index (χ1v) is 9.35. The molecular weight excluding hydrogens is 421 g/mol. The van der Waals surface area contributed by atoms with Crippen LogP contribution in [0, 0.1) is 48.9 Å². The molecule has 1 rings (SSSR count). The predicted octanol–water partition coefficient (Wildman–Crippen LogP) is 6.26. The molecule has 145 valence electrons. The van der Waals surface area contributed by atoms with Gasteiger partial charge in [0.25, 0.3) is 0 Å². The Kier molecular flexibility index (Phi) is 23.4. The summed E-state index contributed by atoms with van der Waals surface area (Å²) in [5, 5.41) is 8.70. The van der Waals surface area contributed by atoms with Crippen molar-refractivity contribution in [3.05, 3.63) is 18.1 Å². The van der Waals surface area contributed by atoms with Crippen LogP contribution in [0.25, 0.3) is 10.6 Å². The Morgan fingerprint density at radius 1 is 0.875 bits per heavy atom. The molecule has 0 aromatic rings. The smallest absolute Gasteiger partial charge is 0 e. The van der Waals surface area contributed by atoms with Crippen LogP contribution in [0.2, 0.25) is 0 Å². The van der Waals surface area contributed by atoms with E-state index in [0.29, 0.717) is 12.1 Å². The van der Waals surface area contributed by atoms with Gasteiger partial charge in [-0.05, 0) is 33.0 Å². The third-order valence-corrected chi connectivity index (χ3v) is 3.97. The van der Waals surface area contributed by atoms with E-state index in [-0.39, 0.29) is 49.2 Å². The standard InChI is InChI=1S/C11H23N.C8H18N2.CH3.La/c1-12(2)10-6-5-9-11-7-3-4-8-11;1-6(2)9-8(5)10-7(3)4;;/h11H,3-10H2,1-2H3;6-8H,1-5H3;1H3;/q;-2;-1;. The van der Waals surface area contributed by atoms with E-state index in [2.05, 4.69) is 57.3 Å². The van der Waals surface area contributed by atoms with Crippen molar-refractivity contribution in [2.45, 2.75) is 97.8 Å². The van der Waals surface area contributed by atoms with Gasteiger partial charge in [-0.3, -0.25) is 0 Å². The van der Waals surface area contributed by atoms with E-state index >= 15 is 0 Å². The Morgan fingerprint density at radius 2 is 1.33 bits per heavy atom. The van der Waals surface area contributed by atoms with Crippen LogP contribution in [0.4, 0.5) is 0 Å². The molecule has 0 saturated heterocycles. The fourth-order valence-electron chi connectivity index (χ4n) is 3.06. The van der Waals surface area contributed by atoms with Crippen molar-refractivity contribution in [1.82, 2.24) is 4.90 Å².